The maximum atomic E-state index is 12.4. The normalized spacial score (nSPS) is 16.0. The van der Waals surface area contributed by atoms with Gasteiger partial charge in [-0.25, -0.2) is 0 Å². The molecule has 0 spiro atoms. The molecule has 0 radical (unpaired) electrons. The smallest absolute Gasteiger partial charge is 0.309 e. The van der Waals surface area contributed by atoms with Gasteiger partial charge in [-0.2, -0.15) is 0 Å². The molecule has 1 N–H and O–H groups in total. The van der Waals surface area contributed by atoms with E-state index in [9.17, 15) is 9.59 Å². The Balaban J connectivity index is 2.09. The number of ether oxygens (including phenoxy) is 1. The Morgan fingerprint density at radius 2 is 1.39 bits per heavy atom. The molecule has 0 amide bonds. The van der Waals surface area contributed by atoms with Crippen molar-refractivity contribution in [1.29, 1.82) is 0 Å². The molecular weight excluding hydrogens is 390 g/mol. The van der Waals surface area contributed by atoms with Gasteiger partial charge in [0.15, 0.2) is 0 Å². The predicted octanol–water partition coefficient (Wildman–Crippen LogP) is 6.59. The zero-order chi connectivity index (χ0) is 22.6. The topological polar surface area (TPSA) is 66.8 Å². The summed E-state index contributed by atoms with van der Waals surface area (Å²) in [7, 11) is 0. The second kappa shape index (κ2) is 19.6. The first-order chi connectivity index (χ1) is 15.1. The first-order valence-electron chi connectivity index (χ1n) is 13.2. The monoisotopic (exact) mass is 439 g/mol. The van der Waals surface area contributed by atoms with Gasteiger partial charge < -0.3 is 14.7 Å². The highest BCUT2D eigenvalue weighted by Gasteiger charge is 2.23. The Morgan fingerprint density at radius 3 is 1.97 bits per heavy atom. The molecule has 0 aromatic rings. The fourth-order valence-electron chi connectivity index (χ4n) is 4.48. The van der Waals surface area contributed by atoms with Gasteiger partial charge in [0.2, 0.25) is 0 Å². The number of carbonyl (C=O) groups is 2. The lowest BCUT2D eigenvalue weighted by Crippen LogP contribution is -2.26. The lowest BCUT2D eigenvalue weighted by molar-refractivity contribution is -0.153. The van der Waals surface area contributed by atoms with Crippen LogP contribution in [0.15, 0.2) is 0 Å². The minimum Gasteiger partial charge on any atom is -0.481 e. The third-order valence-electron chi connectivity index (χ3n) is 6.47. The molecule has 1 atom stereocenters. The van der Waals surface area contributed by atoms with Crippen molar-refractivity contribution in [2.24, 2.45) is 5.92 Å². The van der Waals surface area contributed by atoms with Crippen molar-refractivity contribution >= 4 is 11.9 Å². The SMILES string of the molecule is CCCCCCCCCCCCOC(=O)C(CCCCN1CCCCCC1)CC(=O)O. The quantitative estimate of drug-likeness (QED) is 0.182. The van der Waals surface area contributed by atoms with E-state index in [-0.39, 0.29) is 12.4 Å². The largest absolute Gasteiger partial charge is 0.481 e. The highest BCUT2D eigenvalue weighted by atomic mass is 16.5. The Labute approximate surface area is 191 Å². The molecule has 1 aliphatic heterocycles. The van der Waals surface area contributed by atoms with Crippen LogP contribution in [0.2, 0.25) is 0 Å². The minimum absolute atomic E-state index is 0.111. The van der Waals surface area contributed by atoms with Crippen molar-refractivity contribution < 1.29 is 19.4 Å². The van der Waals surface area contributed by atoms with Crippen LogP contribution in [0.25, 0.3) is 0 Å². The summed E-state index contributed by atoms with van der Waals surface area (Å²) in [5, 5.41) is 9.17. The molecule has 0 aliphatic carbocycles. The second-order valence-electron chi connectivity index (χ2n) is 9.40. The molecule has 31 heavy (non-hydrogen) atoms. The Kier molecular flexibility index (Phi) is 17.6. The van der Waals surface area contributed by atoms with Gasteiger partial charge in [0, 0.05) is 0 Å². The molecule has 1 rings (SSSR count). The zero-order valence-corrected chi connectivity index (χ0v) is 20.3. The molecule has 0 aromatic heterocycles. The number of hydrogen-bond donors (Lipinski definition) is 1. The standard InChI is InChI=1S/C26H49NO4/c1-2-3-4-5-6-7-8-9-12-17-22-31-26(30)24(23-25(28)29)18-13-16-21-27-19-14-10-11-15-20-27/h24H,2-23H2,1H3,(H,28,29). The van der Waals surface area contributed by atoms with Crippen molar-refractivity contribution in [2.75, 3.05) is 26.2 Å². The summed E-state index contributed by atoms with van der Waals surface area (Å²) < 4.78 is 5.43. The van der Waals surface area contributed by atoms with Crippen molar-refractivity contribution in [3.8, 4) is 0 Å². The zero-order valence-electron chi connectivity index (χ0n) is 20.3. The summed E-state index contributed by atoms with van der Waals surface area (Å²) in [6, 6.07) is 0. The third-order valence-corrected chi connectivity index (χ3v) is 6.47. The summed E-state index contributed by atoms with van der Waals surface area (Å²) >= 11 is 0. The number of carboxylic acids is 1. The van der Waals surface area contributed by atoms with Crippen LogP contribution in [0.3, 0.4) is 0 Å². The fraction of sp³-hybridized carbons (Fsp3) is 0.923. The summed E-state index contributed by atoms with van der Waals surface area (Å²) in [4.78, 5) is 26.1. The average Bonchev–Trinajstić information content (AvgIpc) is 3.02. The molecule has 1 heterocycles. The van der Waals surface area contributed by atoms with Gasteiger partial charge in [-0.15, -0.1) is 0 Å². The van der Waals surface area contributed by atoms with E-state index in [0.29, 0.717) is 13.0 Å². The molecule has 1 fully saturated rings. The van der Waals surface area contributed by atoms with E-state index in [1.807, 2.05) is 0 Å². The summed E-state index contributed by atoms with van der Waals surface area (Å²) in [5.41, 5.74) is 0. The Morgan fingerprint density at radius 1 is 0.806 bits per heavy atom. The van der Waals surface area contributed by atoms with Crippen LogP contribution < -0.4 is 0 Å². The molecule has 5 heteroatoms. The minimum atomic E-state index is -0.909. The molecule has 0 saturated carbocycles. The van der Waals surface area contributed by atoms with Gasteiger partial charge in [0.25, 0.3) is 0 Å². The lowest BCUT2D eigenvalue weighted by atomic mass is 9.98. The summed E-state index contributed by atoms with van der Waals surface area (Å²) in [6.45, 7) is 6.10. The van der Waals surface area contributed by atoms with Crippen molar-refractivity contribution in [1.82, 2.24) is 4.90 Å². The van der Waals surface area contributed by atoms with Crippen LogP contribution in [0.4, 0.5) is 0 Å². The lowest BCUT2D eigenvalue weighted by Gasteiger charge is -2.20. The van der Waals surface area contributed by atoms with Gasteiger partial charge in [-0.3, -0.25) is 9.59 Å². The van der Waals surface area contributed by atoms with E-state index in [2.05, 4.69) is 11.8 Å². The van der Waals surface area contributed by atoms with Crippen LogP contribution in [0.1, 0.15) is 122 Å². The fourth-order valence-corrected chi connectivity index (χ4v) is 4.48. The van der Waals surface area contributed by atoms with Gasteiger partial charge in [0.1, 0.15) is 0 Å². The number of carboxylic acid groups (broad SMARTS) is 1. The third kappa shape index (κ3) is 16.2. The Bertz CT molecular complexity index is 447. The van der Waals surface area contributed by atoms with Crippen LogP contribution >= 0.6 is 0 Å². The van der Waals surface area contributed by atoms with Crippen molar-refractivity contribution in [3.05, 3.63) is 0 Å². The van der Waals surface area contributed by atoms with E-state index < -0.39 is 11.9 Å². The van der Waals surface area contributed by atoms with Gasteiger partial charge in [-0.05, 0) is 51.7 Å². The van der Waals surface area contributed by atoms with Crippen molar-refractivity contribution in [3.63, 3.8) is 0 Å². The first kappa shape index (κ1) is 27.9. The number of rotatable bonds is 19. The number of aliphatic carboxylic acids is 1. The van der Waals surface area contributed by atoms with E-state index in [0.717, 1.165) is 32.2 Å². The molecule has 1 aliphatic rings. The van der Waals surface area contributed by atoms with Crippen LogP contribution in [-0.4, -0.2) is 48.2 Å². The van der Waals surface area contributed by atoms with Gasteiger partial charge in [0.05, 0.1) is 18.9 Å². The molecule has 1 unspecified atom stereocenters. The van der Waals surface area contributed by atoms with Crippen LogP contribution in [0, 0.1) is 5.92 Å². The maximum Gasteiger partial charge on any atom is 0.309 e. The maximum absolute atomic E-state index is 12.4. The average molecular weight is 440 g/mol. The van der Waals surface area contributed by atoms with Crippen LogP contribution in [-0.2, 0) is 14.3 Å². The number of carbonyl (C=O) groups excluding carboxylic acids is 1. The van der Waals surface area contributed by atoms with E-state index in [1.165, 1.54) is 90.1 Å². The summed E-state index contributed by atoms with van der Waals surface area (Å²) in [6.07, 6.45) is 20.1. The van der Waals surface area contributed by atoms with Gasteiger partial charge in [-0.1, -0.05) is 84.0 Å². The molecule has 1 saturated heterocycles. The van der Waals surface area contributed by atoms with E-state index in [1.54, 1.807) is 0 Å². The van der Waals surface area contributed by atoms with Gasteiger partial charge >= 0.3 is 11.9 Å². The summed E-state index contributed by atoms with van der Waals surface area (Å²) in [5.74, 6) is -1.72. The molecule has 182 valence electrons. The first-order valence-corrected chi connectivity index (χ1v) is 13.2. The highest BCUT2D eigenvalue weighted by Crippen LogP contribution is 2.17. The predicted molar refractivity (Wildman–Crippen MR) is 127 cm³/mol. The molecule has 0 aromatic carbocycles. The number of unbranched alkanes of at least 4 members (excludes halogenated alkanes) is 10. The van der Waals surface area contributed by atoms with Crippen molar-refractivity contribution in [2.45, 2.75) is 122 Å². The highest BCUT2D eigenvalue weighted by molar-refractivity contribution is 5.79. The number of likely N-dealkylation sites (tertiary alicyclic amines) is 1. The number of hydrogen-bond acceptors (Lipinski definition) is 4. The number of esters is 1. The number of nitrogens with zero attached hydrogens (tertiary/aromatic N) is 1. The molecule has 5 nitrogen and oxygen atoms in total. The Hall–Kier alpha value is -1.10. The molecule has 0 bridgehead atoms. The second-order valence-corrected chi connectivity index (χ2v) is 9.40. The van der Waals surface area contributed by atoms with E-state index >= 15 is 0 Å². The van der Waals surface area contributed by atoms with Crippen LogP contribution in [0.5, 0.6) is 0 Å². The van der Waals surface area contributed by atoms with E-state index in [4.69, 9.17) is 9.84 Å². The molecular formula is C26H49NO4.